The molecule has 0 aliphatic heterocycles. The fraction of sp³-hybridized carbons (Fsp3) is 0.727. The van der Waals surface area contributed by atoms with E-state index in [2.05, 4.69) is 25.9 Å². The summed E-state index contributed by atoms with van der Waals surface area (Å²) < 4.78 is 0. The minimum Gasteiger partial charge on any atom is -0.480 e. The van der Waals surface area contributed by atoms with Gasteiger partial charge in [-0.25, -0.2) is 4.79 Å². The molecule has 4 unspecified atom stereocenters. The number of thioether (sulfide) groups is 1. The van der Waals surface area contributed by atoms with Crippen LogP contribution in [0.1, 0.15) is 46.0 Å². The van der Waals surface area contributed by atoms with Gasteiger partial charge in [0, 0.05) is 13.1 Å². The normalized spacial score (nSPS) is 13.9. The number of nitrogens with one attached hydrogen (secondary N) is 3. The number of nitrogens with zero attached hydrogens (tertiary/aromatic N) is 2. The Balaban J connectivity index is 5.54. The number of aliphatic imine (C=N–C) groups is 2. The number of carbonyl (C=O) groups excluding carboxylic acids is 3. The molecule has 0 aliphatic rings. The lowest BCUT2D eigenvalue weighted by atomic mass is 10.0. The van der Waals surface area contributed by atoms with E-state index in [0.29, 0.717) is 25.0 Å². The first-order valence-electron chi connectivity index (χ1n) is 12.3. The van der Waals surface area contributed by atoms with E-state index in [1.54, 1.807) is 25.6 Å². The number of hydrogen-bond donors (Lipinski definition) is 9. The van der Waals surface area contributed by atoms with E-state index in [0.717, 1.165) is 0 Å². The smallest absolute Gasteiger partial charge is 0.326 e. The number of carboxylic acids is 1. The van der Waals surface area contributed by atoms with Crippen molar-refractivity contribution in [3.63, 3.8) is 0 Å². The molecule has 0 bridgehead atoms. The second-order valence-corrected chi connectivity index (χ2v) is 9.96. The highest BCUT2D eigenvalue weighted by atomic mass is 32.2. The lowest BCUT2D eigenvalue weighted by Crippen LogP contribution is -2.58. The predicted octanol–water partition coefficient (Wildman–Crippen LogP) is -2.63. The van der Waals surface area contributed by atoms with Gasteiger partial charge in [-0.15, -0.1) is 0 Å². The van der Waals surface area contributed by atoms with E-state index >= 15 is 0 Å². The molecule has 0 aliphatic carbocycles. The molecule has 0 spiro atoms. The monoisotopic (exact) mass is 560 g/mol. The Morgan fingerprint density at radius 1 is 0.789 bits per heavy atom. The Kier molecular flexibility index (Phi) is 17.3. The molecular weight excluding hydrogens is 516 g/mol. The summed E-state index contributed by atoms with van der Waals surface area (Å²) in [6, 6.07) is -4.10. The Morgan fingerprint density at radius 2 is 1.29 bits per heavy atom. The number of rotatable bonds is 19. The molecule has 14 N–H and O–H groups in total. The van der Waals surface area contributed by atoms with Gasteiger partial charge in [-0.2, -0.15) is 11.8 Å². The zero-order valence-corrected chi connectivity index (χ0v) is 23.1. The van der Waals surface area contributed by atoms with Gasteiger partial charge in [0.25, 0.3) is 0 Å². The highest BCUT2D eigenvalue weighted by molar-refractivity contribution is 7.98. The quantitative estimate of drug-likeness (QED) is 0.0447. The van der Waals surface area contributed by atoms with Gasteiger partial charge in [0.1, 0.15) is 18.1 Å². The zero-order chi connectivity index (χ0) is 29.3. The maximum atomic E-state index is 13.1. The average molecular weight is 561 g/mol. The molecule has 16 heteroatoms. The third-order valence-electron chi connectivity index (χ3n) is 5.35. The van der Waals surface area contributed by atoms with Gasteiger partial charge >= 0.3 is 5.97 Å². The van der Waals surface area contributed by atoms with Gasteiger partial charge in [-0.1, -0.05) is 13.8 Å². The van der Waals surface area contributed by atoms with E-state index in [-0.39, 0.29) is 43.8 Å². The molecule has 0 aromatic carbocycles. The summed E-state index contributed by atoms with van der Waals surface area (Å²) in [6.45, 7) is 3.86. The topological polar surface area (TPSA) is 279 Å². The van der Waals surface area contributed by atoms with Crippen molar-refractivity contribution in [2.24, 2.45) is 44.6 Å². The third-order valence-corrected chi connectivity index (χ3v) is 6.00. The van der Waals surface area contributed by atoms with Crippen molar-refractivity contribution < 1.29 is 24.3 Å². The van der Waals surface area contributed by atoms with Crippen LogP contribution in [0.3, 0.4) is 0 Å². The zero-order valence-electron chi connectivity index (χ0n) is 22.3. The molecule has 0 rings (SSSR count). The van der Waals surface area contributed by atoms with Crippen LogP contribution in [-0.2, 0) is 19.2 Å². The summed E-state index contributed by atoms with van der Waals surface area (Å²) in [5.74, 6) is -2.92. The van der Waals surface area contributed by atoms with Gasteiger partial charge in [-0.05, 0) is 50.0 Å². The molecule has 0 aromatic heterocycles. The van der Waals surface area contributed by atoms with Crippen molar-refractivity contribution in [1.82, 2.24) is 16.0 Å². The summed E-state index contributed by atoms with van der Waals surface area (Å²) in [5, 5.41) is 17.3. The summed E-state index contributed by atoms with van der Waals surface area (Å²) in [7, 11) is 0. The van der Waals surface area contributed by atoms with E-state index in [4.69, 9.17) is 28.7 Å². The SMILES string of the molecule is CSCCC(N)C(=O)NC(C(=O)NC(CCCN=C(N)N)C(=O)NC(CCCN=C(N)N)C(=O)O)C(C)C. The molecule has 3 amide bonds. The number of carboxylic acid groups (broad SMARTS) is 1. The van der Waals surface area contributed by atoms with Crippen LogP contribution >= 0.6 is 11.8 Å². The number of amides is 3. The summed E-state index contributed by atoms with van der Waals surface area (Å²) in [4.78, 5) is 58.1. The van der Waals surface area contributed by atoms with Crippen molar-refractivity contribution in [2.75, 3.05) is 25.1 Å². The molecule has 0 saturated heterocycles. The minimum absolute atomic E-state index is 0.0606. The lowest BCUT2D eigenvalue weighted by Gasteiger charge is -2.27. The van der Waals surface area contributed by atoms with Crippen molar-refractivity contribution in [3.8, 4) is 0 Å². The van der Waals surface area contributed by atoms with Crippen LogP contribution in [0.4, 0.5) is 0 Å². The molecular formula is C22H44N10O5S. The lowest BCUT2D eigenvalue weighted by molar-refractivity contribution is -0.142. The Labute approximate surface area is 227 Å². The maximum Gasteiger partial charge on any atom is 0.326 e. The fourth-order valence-corrected chi connectivity index (χ4v) is 3.73. The van der Waals surface area contributed by atoms with E-state index in [1.165, 1.54) is 0 Å². The number of hydrogen-bond acceptors (Lipinski definition) is 8. The average Bonchev–Trinajstić information content (AvgIpc) is 2.83. The second kappa shape index (κ2) is 18.9. The first-order valence-corrected chi connectivity index (χ1v) is 13.7. The maximum absolute atomic E-state index is 13.1. The van der Waals surface area contributed by atoms with Crippen LogP contribution in [0.25, 0.3) is 0 Å². The Morgan fingerprint density at radius 3 is 1.74 bits per heavy atom. The Bertz CT molecular complexity index is 831. The third kappa shape index (κ3) is 15.1. The molecule has 0 saturated carbocycles. The highest BCUT2D eigenvalue weighted by Gasteiger charge is 2.31. The molecule has 38 heavy (non-hydrogen) atoms. The van der Waals surface area contributed by atoms with Crippen LogP contribution in [0.15, 0.2) is 9.98 Å². The standard InChI is InChI=1S/C22H44N10O5S/c1-12(2)16(32-17(33)13(23)8-11-38-3)19(35)30-14(6-4-9-28-21(24)25)18(34)31-15(20(36)37)7-5-10-29-22(26)27/h12-16H,4-11,23H2,1-3H3,(H,30,35)(H,31,34)(H,32,33)(H,36,37)(H4,24,25,28)(H4,26,27,29). The first-order chi connectivity index (χ1) is 17.8. The van der Waals surface area contributed by atoms with Gasteiger partial charge in [0.05, 0.1) is 6.04 Å². The van der Waals surface area contributed by atoms with Gasteiger partial charge < -0.3 is 49.7 Å². The number of nitrogens with two attached hydrogens (primary N) is 5. The van der Waals surface area contributed by atoms with E-state index < -0.39 is 47.9 Å². The van der Waals surface area contributed by atoms with Crippen LogP contribution < -0.4 is 44.6 Å². The van der Waals surface area contributed by atoms with Crippen LogP contribution in [0.2, 0.25) is 0 Å². The number of carbonyl (C=O) groups is 4. The van der Waals surface area contributed by atoms with Crippen LogP contribution in [0, 0.1) is 5.92 Å². The number of guanidine groups is 2. The van der Waals surface area contributed by atoms with Crippen molar-refractivity contribution in [1.29, 1.82) is 0 Å². The van der Waals surface area contributed by atoms with Crippen LogP contribution in [0.5, 0.6) is 0 Å². The summed E-state index contributed by atoms with van der Waals surface area (Å²) in [6.07, 6.45) is 3.12. The van der Waals surface area contributed by atoms with Gasteiger partial charge in [-0.3, -0.25) is 24.4 Å². The number of aliphatic carboxylic acids is 1. The highest BCUT2D eigenvalue weighted by Crippen LogP contribution is 2.08. The largest absolute Gasteiger partial charge is 0.480 e. The predicted molar refractivity (Wildman–Crippen MR) is 149 cm³/mol. The molecule has 4 atom stereocenters. The van der Waals surface area contributed by atoms with Gasteiger partial charge in [0.2, 0.25) is 17.7 Å². The van der Waals surface area contributed by atoms with Crippen molar-refractivity contribution >= 4 is 47.4 Å². The van der Waals surface area contributed by atoms with E-state index in [1.807, 2.05) is 6.26 Å². The molecule has 0 fully saturated rings. The summed E-state index contributed by atoms with van der Waals surface area (Å²) in [5.41, 5.74) is 27.1. The van der Waals surface area contributed by atoms with Crippen molar-refractivity contribution in [3.05, 3.63) is 0 Å². The molecule has 218 valence electrons. The molecule has 0 heterocycles. The second-order valence-electron chi connectivity index (χ2n) is 8.98. The Hall–Kier alpha value is -3.27. The minimum atomic E-state index is -1.25. The fourth-order valence-electron chi connectivity index (χ4n) is 3.24. The van der Waals surface area contributed by atoms with Gasteiger partial charge in [0.15, 0.2) is 11.9 Å². The van der Waals surface area contributed by atoms with Crippen molar-refractivity contribution in [2.45, 2.75) is 70.1 Å². The molecule has 0 aromatic rings. The first kappa shape index (κ1) is 34.7. The van der Waals surface area contributed by atoms with Crippen LogP contribution in [-0.4, -0.2) is 90.0 Å². The molecule has 15 nitrogen and oxygen atoms in total. The van der Waals surface area contributed by atoms with E-state index in [9.17, 15) is 24.3 Å². The summed E-state index contributed by atoms with van der Waals surface area (Å²) >= 11 is 1.55. The molecule has 0 radical (unpaired) electrons.